The first-order chi connectivity index (χ1) is 10.1. The van der Waals surface area contributed by atoms with E-state index in [2.05, 4.69) is 37.1 Å². The second-order valence-electron chi connectivity index (χ2n) is 6.31. The third-order valence-electron chi connectivity index (χ3n) is 4.70. The van der Waals surface area contributed by atoms with Gasteiger partial charge in [-0.3, -0.25) is 4.90 Å². The molecule has 0 aliphatic heterocycles. The van der Waals surface area contributed by atoms with Gasteiger partial charge in [-0.2, -0.15) is 5.26 Å². The lowest BCUT2D eigenvalue weighted by atomic mass is 9.76. The van der Waals surface area contributed by atoms with E-state index in [0.29, 0.717) is 6.04 Å². The maximum absolute atomic E-state index is 9.43. The summed E-state index contributed by atoms with van der Waals surface area (Å²) in [7, 11) is 2.15. The van der Waals surface area contributed by atoms with E-state index in [-0.39, 0.29) is 5.92 Å². The molecule has 0 heterocycles. The summed E-state index contributed by atoms with van der Waals surface area (Å²) < 4.78 is 0. The molecule has 1 aliphatic rings. The van der Waals surface area contributed by atoms with Gasteiger partial charge in [-0.15, -0.1) is 0 Å². The van der Waals surface area contributed by atoms with E-state index < -0.39 is 0 Å². The van der Waals surface area contributed by atoms with Gasteiger partial charge in [0, 0.05) is 17.6 Å². The molecule has 3 atom stereocenters. The molecule has 0 saturated heterocycles. The molecule has 1 aromatic rings. The molecular formula is C18H25ClN2. The minimum Gasteiger partial charge on any atom is -0.298 e. The number of nitrogens with zero attached hydrogens (tertiary/aromatic N) is 2. The highest BCUT2D eigenvalue weighted by molar-refractivity contribution is 6.30. The zero-order chi connectivity index (χ0) is 15.2. The van der Waals surface area contributed by atoms with Gasteiger partial charge in [0.2, 0.25) is 0 Å². The molecule has 1 aliphatic carbocycles. The number of hydrogen-bond donors (Lipinski definition) is 0. The van der Waals surface area contributed by atoms with Crippen molar-refractivity contribution >= 4 is 11.6 Å². The largest absolute Gasteiger partial charge is 0.298 e. The van der Waals surface area contributed by atoms with E-state index in [4.69, 9.17) is 11.6 Å². The maximum atomic E-state index is 9.43. The van der Waals surface area contributed by atoms with Crippen molar-refractivity contribution < 1.29 is 0 Å². The van der Waals surface area contributed by atoms with Gasteiger partial charge in [0.1, 0.15) is 0 Å². The van der Waals surface area contributed by atoms with Crippen molar-refractivity contribution in [3.63, 3.8) is 0 Å². The summed E-state index contributed by atoms with van der Waals surface area (Å²) in [6.07, 6.45) is 5.98. The first-order valence-electron chi connectivity index (χ1n) is 7.98. The molecule has 0 N–H and O–H groups in total. The predicted molar refractivity (Wildman–Crippen MR) is 88.1 cm³/mol. The fraction of sp³-hybridized carbons (Fsp3) is 0.611. The Balaban J connectivity index is 2.01. The lowest BCUT2D eigenvalue weighted by molar-refractivity contribution is 0.116. The lowest BCUT2D eigenvalue weighted by Gasteiger charge is -2.38. The van der Waals surface area contributed by atoms with Gasteiger partial charge in [-0.25, -0.2) is 0 Å². The average Bonchev–Trinajstić information content (AvgIpc) is 2.50. The molecule has 0 bridgehead atoms. The van der Waals surface area contributed by atoms with E-state index in [9.17, 15) is 5.26 Å². The first kappa shape index (κ1) is 16.3. The van der Waals surface area contributed by atoms with Crippen LogP contribution in [0, 0.1) is 23.2 Å². The van der Waals surface area contributed by atoms with E-state index >= 15 is 0 Å². The van der Waals surface area contributed by atoms with Crippen molar-refractivity contribution in [2.45, 2.75) is 51.6 Å². The SMILES string of the molecule is CCCC1CCC(C#N)C(N(C)Cc2ccc(Cl)cc2)C1. The van der Waals surface area contributed by atoms with E-state index in [0.717, 1.165) is 30.3 Å². The van der Waals surface area contributed by atoms with Crippen LogP contribution in [0.15, 0.2) is 24.3 Å². The monoisotopic (exact) mass is 304 g/mol. The second-order valence-corrected chi connectivity index (χ2v) is 6.75. The van der Waals surface area contributed by atoms with Gasteiger partial charge in [-0.1, -0.05) is 43.5 Å². The summed E-state index contributed by atoms with van der Waals surface area (Å²) in [6.45, 7) is 3.14. The van der Waals surface area contributed by atoms with Crippen LogP contribution in [-0.2, 0) is 6.54 Å². The van der Waals surface area contributed by atoms with Crippen LogP contribution >= 0.6 is 11.6 Å². The highest BCUT2D eigenvalue weighted by Gasteiger charge is 2.32. The van der Waals surface area contributed by atoms with Gasteiger partial charge >= 0.3 is 0 Å². The number of hydrogen-bond acceptors (Lipinski definition) is 2. The van der Waals surface area contributed by atoms with Crippen molar-refractivity contribution in [2.75, 3.05) is 7.05 Å². The van der Waals surface area contributed by atoms with E-state index in [1.165, 1.54) is 24.8 Å². The van der Waals surface area contributed by atoms with Crippen molar-refractivity contribution in [3.05, 3.63) is 34.9 Å². The van der Waals surface area contributed by atoms with Crippen LogP contribution in [0.5, 0.6) is 0 Å². The van der Waals surface area contributed by atoms with Gasteiger partial charge in [-0.05, 0) is 49.9 Å². The van der Waals surface area contributed by atoms with Gasteiger partial charge in [0.25, 0.3) is 0 Å². The Morgan fingerprint density at radius 3 is 2.62 bits per heavy atom. The molecule has 0 amide bonds. The van der Waals surface area contributed by atoms with Crippen LogP contribution < -0.4 is 0 Å². The van der Waals surface area contributed by atoms with Crippen LogP contribution in [0.2, 0.25) is 5.02 Å². The first-order valence-corrected chi connectivity index (χ1v) is 8.36. The number of rotatable bonds is 5. The molecule has 3 unspecified atom stereocenters. The quantitative estimate of drug-likeness (QED) is 0.775. The topological polar surface area (TPSA) is 27.0 Å². The van der Waals surface area contributed by atoms with Crippen molar-refractivity contribution in [1.82, 2.24) is 4.90 Å². The summed E-state index contributed by atoms with van der Waals surface area (Å²) in [6, 6.07) is 10.9. The number of halogens is 1. The molecule has 3 heteroatoms. The molecule has 2 nitrogen and oxygen atoms in total. The fourth-order valence-electron chi connectivity index (χ4n) is 3.53. The van der Waals surface area contributed by atoms with Crippen LogP contribution in [0.4, 0.5) is 0 Å². The Morgan fingerprint density at radius 1 is 1.29 bits per heavy atom. The molecular weight excluding hydrogens is 280 g/mol. The summed E-state index contributed by atoms with van der Waals surface area (Å²) >= 11 is 5.94. The highest BCUT2D eigenvalue weighted by atomic mass is 35.5. The van der Waals surface area contributed by atoms with Gasteiger partial charge < -0.3 is 0 Å². The minimum atomic E-state index is 0.176. The Labute approximate surface area is 133 Å². The van der Waals surface area contributed by atoms with Crippen molar-refractivity contribution in [3.8, 4) is 6.07 Å². The Morgan fingerprint density at radius 2 is 2.00 bits per heavy atom. The van der Waals surface area contributed by atoms with Crippen molar-refractivity contribution in [1.29, 1.82) is 5.26 Å². The summed E-state index contributed by atoms with van der Waals surface area (Å²) in [4.78, 5) is 2.36. The minimum absolute atomic E-state index is 0.176. The van der Waals surface area contributed by atoms with Crippen molar-refractivity contribution in [2.24, 2.45) is 11.8 Å². The highest BCUT2D eigenvalue weighted by Crippen LogP contribution is 2.34. The van der Waals surface area contributed by atoms with Gasteiger partial charge in [0.05, 0.1) is 12.0 Å². The molecule has 0 spiro atoms. The normalized spacial score (nSPS) is 25.8. The predicted octanol–water partition coefficient (Wildman–Crippen LogP) is 4.88. The molecule has 1 saturated carbocycles. The fourth-order valence-corrected chi connectivity index (χ4v) is 3.66. The van der Waals surface area contributed by atoms with E-state index in [1.807, 2.05) is 12.1 Å². The van der Waals surface area contributed by atoms with E-state index in [1.54, 1.807) is 0 Å². The Kier molecular flexibility index (Phi) is 6.08. The molecule has 114 valence electrons. The molecule has 2 rings (SSSR count). The lowest BCUT2D eigenvalue weighted by Crippen LogP contribution is -2.41. The average molecular weight is 305 g/mol. The Hall–Kier alpha value is -1.04. The second kappa shape index (κ2) is 7.82. The summed E-state index contributed by atoms with van der Waals surface area (Å²) in [5.74, 6) is 0.965. The number of benzene rings is 1. The smallest absolute Gasteiger partial charge is 0.0672 e. The standard InChI is InChI=1S/C18H25ClN2/c1-3-4-14-5-8-16(12-20)18(11-14)21(2)13-15-6-9-17(19)10-7-15/h6-7,9-10,14,16,18H,3-5,8,11,13H2,1-2H3. The third-order valence-corrected chi connectivity index (χ3v) is 4.95. The molecule has 1 aromatic carbocycles. The zero-order valence-corrected chi connectivity index (χ0v) is 13.8. The molecule has 21 heavy (non-hydrogen) atoms. The maximum Gasteiger partial charge on any atom is 0.0672 e. The van der Waals surface area contributed by atoms with Crippen LogP contribution in [0.1, 0.15) is 44.6 Å². The van der Waals surface area contributed by atoms with Crippen LogP contribution in [-0.4, -0.2) is 18.0 Å². The van der Waals surface area contributed by atoms with Crippen LogP contribution in [0.3, 0.4) is 0 Å². The zero-order valence-electron chi connectivity index (χ0n) is 13.1. The number of nitriles is 1. The summed E-state index contributed by atoms with van der Waals surface area (Å²) in [5, 5.41) is 10.2. The van der Waals surface area contributed by atoms with Crippen LogP contribution in [0.25, 0.3) is 0 Å². The molecule has 0 aromatic heterocycles. The van der Waals surface area contributed by atoms with Gasteiger partial charge in [0.15, 0.2) is 0 Å². The molecule has 1 fully saturated rings. The molecule has 0 radical (unpaired) electrons. The third kappa shape index (κ3) is 4.46. The Bertz CT molecular complexity index is 477. The summed E-state index contributed by atoms with van der Waals surface area (Å²) in [5.41, 5.74) is 1.26.